The molecule has 0 aliphatic carbocycles. The van der Waals surface area contributed by atoms with E-state index in [1.54, 1.807) is 0 Å². The number of rotatable bonds is 3. The zero-order valence-corrected chi connectivity index (χ0v) is 12.1. The van der Waals surface area contributed by atoms with Gasteiger partial charge in [-0.15, -0.1) is 0 Å². The zero-order valence-electron chi connectivity index (χ0n) is 10.6. The maximum atomic E-state index is 12.2. The quantitative estimate of drug-likeness (QED) is 0.774. The van der Waals surface area contributed by atoms with Crippen molar-refractivity contribution >= 4 is 32.7 Å². The molecule has 0 unspecified atom stereocenters. The standard InChI is InChI=1S/C15H12BrN3O/c16-11-6-7-13-12(8-11)14(19-18-13)15(20)17-9-10-4-2-1-3-5-10/h1-8H,9H2,(H,17,20)(H,18,19). The maximum absolute atomic E-state index is 12.2. The number of hydrogen-bond acceptors (Lipinski definition) is 2. The van der Waals surface area contributed by atoms with E-state index in [1.165, 1.54) is 0 Å². The van der Waals surface area contributed by atoms with Crippen molar-refractivity contribution in [1.29, 1.82) is 0 Å². The number of nitrogens with one attached hydrogen (secondary N) is 2. The van der Waals surface area contributed by atoms with Gasteiger partial charge in [0.05, 0.1) is 5.52 Å². The van der Waals surface area contributed by atoms with Crippen LogP contribution in [0.3, 0.4) is 0 Å². The van der Waals surface area contributed by atoms with Gasteiger partial charge in [-0.25, -0.2) is 0 Å². The van der Waals surface area contributed by atoms with E-state index in [-0.39, 0.29) is 5.91 Å². The fourth-order valence-electron chi connectivity index (χ4n) is 2.02. The third kappa shape index (κ3) is 2.58. The Morgan fingerprint density at radius 2 is 2.00 bits per heavy atom. The molecule has 0 spiro atoms. The Kier molecular flexibility index (Phi) is 3.52. The van der Waals surface area contributed by atoms with Gasteiger partial charge in [-0.3, -0.25) is 9.89 Å². The summed E-state index contributed by atoms with van der Waals surface area (Å²) in [5.74, 6) is -0.182. The lowest BCUT2D eigenvalue weighted by molar-refractivity contribution is 0.0947. The second kappa shape index (κ2) is 5.46. The molecule has 1 heterocycles. The molecule has 2 N–H and O–H groups in total. The third-order valence-corrected chi connectivity index (χ3v) is 3.53. The molecular weight excluding hydrogens is 318 g/mol. The summed E-state index contributed by atoms with van der Waals surface area (Å²) in [7, 11) is 0. The van der Waals surface area contributed by atoms with Crippen LogP contribution in [0, 0.1) is 0 Å². The number of fused-ring (bicyclic) bond motifs is 1. The number of aromatic nitrogens is 2. The molecule has 2 aromatic carbocycles. The molecule has 1 aromatic heterocycles. The van der Waals surface area contributed by atoms with Crippen LogP contribution in [0.4, 0.5) is 0 Å². The normalized spacial score (nSPS) is 10.7. The van der Waals surface area contributed by atoms with Gasteiger partial charge in [0.1, 0.15) is 0 Å². The monoisotopic (exact) mass is 329 g/mol. The van der Waals surface area contributed by atoms with Crippen LogP contribution in [0.25, 0.3) is 10.9 Å². The zero-order chi connectivity index (χ0) is 13.9. The van der Waals surface area contributed by atoms with E-state index in [2.05, 4.69) is 31.4 Å². The van der Waals surface area contributed by atoms with E-state index in [4.69, 9.17) is 0 Å². The number of carbonyl (C=O) groups is 1. The molecule has 1 amide bonds. The first-order chi connectivity index (χ1) is 9.74. The van der Waals surface area contributed by atoms with E-state index in [1.807, 2.05) is 48.5 Å². The fourth-order valence-corrected chi connectivity index (χ4v) is 2.38. The smallest absolute Gasteiger partial charge is 0.272 e. The predicted molar refractivity (Wildman–Crippen MR) is 81.4 cm³/mol. The molecule has 0 fully saturated rings. The van der Waals surface area contributed by atoms with Gasteiger partial charge in [0.15, 0.2) is 5.69 Å². The van der Waals surface area contributed by atoms with Crippen molar-refractivity contribution < 1.29 is 4.79 Å². The molecule has 0 bridgehead atoms. The van der Waals surface area contributed by atoms with Gasteiger partial charge in [-0.2, -0.15) is 5.10 Å². The number of H-pyrrole nitrogens is 1. The van der Waals surface area contributed by atoms with E-state index >= 15 is 0 Å². The first-order valence-electron chi connectivity index (χ1n) is 6.20. The van der Waals surface area contributed by atoms with Crippen LogP contribution in [0.15, 0.2) is 53.0 Å². The van der Waals surface area contributed by atoms with Crippen LogP contribution in [0.2, 0.25) is 0 Å². The first-order valence-corrected chi connectivity index (χ1v) is 6.99. The van der Waals surface area contributed by atoms with E-state index in [0.717, 1.165) is 20.9 Å². The molecule has 20 heavy (non-hydrogen) atoms. The molecule has 0 atom stereocenters. The Hall–Kier alpha value is -2.14. The highest BCUT2D eigenvalue weighted by molar-refractivity contribution is 9.10. The lowest BCUT2D eigenvalue weighted by atomic mass is 10.2. The molecule has 0 aliphatic rings. The van der Waals surface area contributed by atoms with E-state index in [9.17, 15) is 4.79 Å². The summed E-state index contributed by atoms with van der Waals surface area (Å²) in [6.45, 7) is 0.488. The van der Waals surface area contributed by atoms with E-state index < -0.39 is 0 Å². The van der Waals surface area contributed by atoms with Crippen LogP contribution in [0.5, 0.6) is 0 Å². The summed E-state index contributed by atoms with van der Waals surface area (Å²) in [5.41, 5.74) is 2.32. The molecule has 4 nitrogen and oxygen atoms in total. The van der Waals surface area contributed by atoms with Gasteiger partial charge >= 0.3 is 0 Å². The molecular formula is C15H12BrN3O. The molecule has 3 rings (SSSR count). The minimum absolute atomic E-state index is 0.182. The fraction of sp³-hybridized carbons (Fsp3) is 0.0667. The molecule has 0 aliphatic heterocycles. The molecule has 0 saturated heterocycles. The lowest BCUT2D eigenvalue weighted by Gasteiger charge is -2.03. The van der Waals surface area contributed by atoms with Crippen molar-refractivity contribution in [2.45, 2.75) is 6.54 Å². The SMILES string of the molecule is O=C(NCc1ccccc1)c1n[nH]c2ccc(Br)cc12. The second-order valence-corrected chi connectivity index (χ2v) is 5.35. The van der Waals surface area contributed by atoms with Gasteiger partial charge in [0.2, 0.25) is 0 Å². The Bertz CT molecular complexity index is 752. The highest BCUT2D eigenvalue weighted by Crippen LogP contribution is 2.20. The topological polar surface area (TPSA) is 57.8 Å². The number of aromatic amines is 1. The number of nitrogens with zero attached hydrogens (tertiary/aromatic N) is 1. The highest BCUT2D eigenvalue weighted by Gasteiger charge is 2.13. The summed E-state index contributed by atoms with van der Waals surface area (Å²) in [6.07, 6.45) is 0. The minimum Gasteiger partial charge on any atom is -0.347 e. The van der Waals surface area contributed by atoms with Crippen molar-refractivity contribution in [3.63, 3.8) is 0 Å². The van der Waals surface area contributed by atoms with Crippen LogP contribution < -0.4 is 5.32 Å². The molecule has 100 valence electrons. The molecule has 3 aromatic rings. The average molecular weight is 330 g/mol. The predicted octanol–water partition coefficient (Wildman–Crippen LogP) is 3.26. The number of halogens is 1. The van der Waals surface area contributed by atoms with Crippen molar-refractivity contribution in [2.24, 2.45) is 0 Å². The summed E-state index contributed by atoms with van der Waals surface area (Å²) >= 11 is 3.40. The number of carbonyl (C=O) groups excluding carboxylic acids is 1. The van der Waals surface area contributed by atoms with Gasteiger partial charge in [-0.05, 0) is 23.8 Å². The summed E-state index contributed by atoms with van der Waals surface area (Å²) < 4.78 is 0.920. The third-order valence-electron chi connectivity index (χ3n) is 3.04. The number of hydrogen-bond donors (Lipinski definition) is 2. The van der Waals surface area contributed by atoms with Crippen LogP contribution >= 0.6 is 15.9 Å². The molecule has 0 radical (unpaired) electrons. The maximum Gasteiger partial charge on any atom is 0.272 e. The first kappa shape index (κ1) is 12.9. The van der Waals surface area contributed by atoms with Gasteiger partial charge in [0, 0.05) is 16.4 Å². The summed E-state index contributed by atoms with van der Waals surface area (Å²) in [5, 5.41) is 10.6. The van der Waals surface area contributed by atoms with Crippen LogP contribution in [0.1, 0.15) is 16.1 Å². The second-order valence-electron chi connectivity index (χ2n) is 4.43. The largest absolute Gasteiger partial charge is 0.347 e. The number of benzene rings is 2. The lowest BCUT2D eigenvalue weighted by Crippen LogP contribution is -2.23. The highest BCUT2D eigenvalue weighted by atomic mass is 79.9. The Labute approximate surface area is 124 Å². The van der Waals surface area contributed by atoms with Crippen molar-refractivity contribution in [3.05, 3.63) is 64.3 Å². The van der Waals surface area contributed by atoms with Crippen LogP contribution in [-0.4, -0.2) is 16.1 Å². The molecule has 5 heteroatoms. The Balaban J connectivity index is 1.80. The van der Waals surface area contributed by atoms with Gasteiger partial charge < -0.3 is 5.32 Å². The summed E-state index contributed by atoms with van der Waals surface area (Å²) in [6, 6.07) is 15.5. The van der Waals surface area contributed by atoms with Gasteiger partial charge in [0.25, 0.3) is 5.91 Å². The summed E-state index contributed by atoms with van der Waals surface area (Å²) in [4.78, 5) is 12.2. The van der Waals surface area contributed by atoms with Gasteiger partial charge in [-0.1, -0.05) is 46.3 Å². The Morgan fingerprint density at radius 1 is 1.20 bits per heavy atom. The number of amides is 1. The van der Waals surface area contributed by atoms with Crippen molar-refractivity contribution in [2.75, 3.05) is 0 Å². The van der Waals surface area contributed by atoms with E-state index in [0.29, 0.717) is 12.2 Å². The molecule has 0 saturated carbocycles. The van der Waals surface area contributed by atoms with Crippen LogP contribution in [-0.2, 0) is 6.54 Å². The van der Waals surface area contributed by atoms with Crippen molar-refractivity contribution in [1.82, 2.24) is 15.5 Å². The Morgan fingerprint density at radius 3 is 2.80 bits per heavy atom. The minimum atomic E-state index is -0.182. The van der Waals surface area contributed by atoms with Crippen molar-refractivity contribution in [3.8, 4) is 0 Å². The average Bonchev–Trinajstić information content (AvgIpc) is 2.89.